The first-order valence-electron chi connectivity index (χ1n) is 7.51. The van der Waals surface area contributed by atoms with Gasteiger partial charge in [0.2, 0.25) is 5.91 Å². The molecule has 3 nitrogen and oxygen atoms in total. The van der Waals surface area contributed by atoms with Crippen LogP contribution in [0.15, 0.2) is 0 Å². The van der Waals surface area contributed by atoms with Crippen LogP contribution in [0.2, 0.25) is 0 Å². The molecule has 0 aliphatic carbocycles. The predicted octanol–water partition coefficient (Wildman–Crippen LogP) is -0.689. The number of piperidine rings is 1. The molecule has 1 N–H and O–H groups in total. The number of hydrogen-bond acceptors (Lipinski definition) is 1. The minimum absolute atomic E-state index is 0. The molecule has 2 aliphatic rings. The number of nitrogens with one attached hydrogen (secondary N) is 1. The minimum atomic E-state index is 0. The molecule has 2 fully saturated rings. The van der Waals surface area contributed by atoms with Crippen LogP contribution in [0.25, 0.3) is 0 Å². The van der Waals surface area contributed by atoms with E-state index in [1.165, 1.54) is 30.2 Å². The highest BCUT2D eigenvalue weighted by Gasteiger charge is 2.53. The van der Waals surface area contributed by atoms with Gasteiger partial charge in [0.15, 0.2) is 0 Å². The van der Waals surface area contributed by atoms with Gasteiger partial charge in [-0.15, -0.1) is 0 Å². The summed E-state index contributed by atoms with van der Waals surface area (Å²) >= 11 is 0. The van der Waals surface area contributed by atoms with Crippen LogP contribution >= 0.6 is 0 Å². The lowest BCUT2D eigenvalue weighted by Crippen LogP contribution is -3.00. The zero-order valence-electron chi connectivity index (χ0n) is 12.9. The fraction of sp³-hybridized carbons (Fsp3) is 0.933. The fourth-order valence-corrected chi connectivity index (χ4v) is 4.01. The van der Waals surface area contributed by atoms with Gasteiger partial charge in [-0.1, -0.05) is 13.8 Å². The van der Waals surface area contributed by atoms with Gasteiger partial charge in [0.1, 0.15) is 0 Å². The first-order chi connectivity index (χ1) is 8.35. The second kappa shape index (κ2) is 6.29. The molecular weight excluding hydrogens is 351 g/mol. The highest BCUT2D eigenvalue weighted by Crippen LogP contribution is 2.43. The molecule has 0 aromatic rings. The van der Waals surface area contributed by atoms with Crippen LogP contribution < -0.4 is 29.3 Å². The maximum atomic E-state index is 11.8. The van der Waals surface area contributed by atoms with E-state index in [0.29, 0.717) is 12.1 Å². The second-order valence-corrected chi connectivity index (χ2v) is 7.03. The zero-order chi connectivity index (χ0) is 13.5. The number of rotatable bonds is 3. The summed E-state index contributed by atoms with van der Waals surface area (Å²) in [7, 11) is 2.42. The Kier molecular flexibility index (Phi) is 5.70. The number of amides is 1. The number of carbonyl (C=O) groups is 1. The van der Waals surface area contributed by atoms with Gasteiger partial charge in [-0.25, -0.2) is 0 Å². The van der Waals surface area contributed by atoms with Gasteiger partial charge >= 0.3 is 0 Å². The van der Waals surface area contributed by atoms with Crippen molar-refractivity contribution in [2.24, 2.45) is 5.92 Å². The average molecular weight is 380 g/mol. The van der Waals surface area contributed by atoms with Gasteiger partial charge in [-0.3, -0.25) is 4.79 Å². The fourth-order valence-electron chi connectivity index (χ4n) is 4.01. The van der Waals surface area contributed by atoms with Crippen molar-refractivity contribution in [2.45, 2.75) is 77.5 Å². The smallest absolute Gasteiger partial charge is 0.222 e. The van der Waals surface area contributed by atoms with E-state index in [1.54, 1.807) is 0 Å². The monoisotopic (exact) mass is 380 g/mol. The molecule has 0 saturated carbocycles. The van der Waals surface area contributed by atoms with Crippen molar-refractivity contribution in [1.82, 2.24) is 5.32 Å². The lowest BCUT2D eigenvalue weighted by atomic mass is 9.92. The van der Waals surface area contributed by atoms with Crippen molar-refractivity contribution in [3.8, 4) is 0 Å². The van der Waals surface area contributed by atoms with E-state index in [2.05, 4.69) is 26.2 Å². The summed E-state index contributed by atoms with van der Waals surface area (Å²) in [5, 5.41) is 3.25. The Morgan fingerprint density at radius 1 is 1.11 bits per heavy atom. The van der Waals surface area contributed by atoms with Gasteiger partial charge in [0.05, 0.1) is 25.2 Å². The van der Waals surface area contributed by atoms with Crippen LogP contribution in [-0.4, -0.2) is 41.6 Å². The molecule has 2 atom stereocenters. The molecule has 2 aliphatic heterocycles. The Balaban J connectivity index is 0.00000180. The average Bonchev–Trinajstić information content (AvgIpc) is 2.50. The van der Waals surface area contributed by atoms with E-state index in [9.17, 15) is 4.79 Å². The number of nitrogens with zero attached hydrogens (tertiary/aromatic N) is 1. The first-order valence-corrected chi connectivity index (χ1v) is 7.51. The molecule has 4 heteroatoms. The van der Waals surface area contributed by atoms with E-state index < -0.39 is 0 Å². The third kappa shape index (κ3) is 3.09. The summed E-state index contributed by atoms with van der Waals surface area (Å²) in [5.41, 5.74) is 0. The van der Waals surface area contributed by atoms with Gasteiger partial charge < -0.3 is 33.8 Å². The lowest BCUT2D eigenvalue weighted by Gasteiger charge is -2.50. The predicted molar refractivity (Wildman–Crippen MR) is 74.1 cm³/mol. The third-order valence-electron chi connectivity index (χ3n) is 5.50. The molecule has 0 aromatic carbocycles. The van der Waals surface area contributed by atoms with Gasteiger partial charge in [0, 0.05) is 37.6 Å². The molecular formula is C15H29IN2O. The van der Waals surface area contributed by atoms with Crippen LogP contribution in [0.1, 0.15) is 53.4 Å². The molecule has 1 amide bonds. The van der Waals surface area contributed by atoms with Crippen LogP contribution in [0.5, 0.6) is 0 Å². The number of fused-ring (bicyclic) bond motifs is 2. The molecule has 2 heterocycles. The number of halogens is 1. The standard InChI is InChI=1S/C15H28N2O.HI/c1-10(2)15(18)16-12-8-13-6-7-14(9-12)17(13,5)11(3)4;/h10-14H,6-9H2,1-5H3;1H. The van der Waals surface area contributed by atoms with E-state index >= 15 is 0 Å². The number of carbonyl (C=O) groups excluding carboxylic acids is 1. The molecule has 0 radical (unpaired) electrons. The van der Waals surface area contributed by atoms with E-state index in [1.807, 2.05) is 13.8 Å². The second-order valence-electron chi connectivity index (χ2n) is 7.03. The molecule has 0 spiro atoms. The Hall–Kier alpha value is 0.160. The van der Waals surface area contributed by atoms with Crippen LogP contribution in [0, 0.1) is 5.92 Å². The Morgan fingerprint density at radius 3 is 1.95 bits per heavy atom. The molecule has 2 unspecified atom stereocenters. The highest BCUT2D eigenvalue weighted by atomic mass is 127. The topological polar surface area (TPSA) is 29.1 Å². The molecule has 2 saturated heterocycles. The van der Waals surface area contributed by atoms with Gasteiger partial charge in [0.25, 0.3) is 0 Å². The molecule has 19 heavy (non-hydrogen) atoms. The maximum absolute atomic E-state index is 11.8. The first kappa shape index (κ1) is 17.2. The summed E-state index contributed by atoms with van der Waals surface area (Å²) in [5.74, 6) is 0.329. The van der Waals surface area contributed by atoms with E-state index in [0.717, 1.165) is 12.1 Å². The van der Waals surface area contributed by atoms with Crippen LogP contribution in [0.4, 0.5) is 0 Å². The molecule has 2 bridgehead atoms. The van der Waals surface area contributed by atoms with Crippen molar-refractivity contribution < 1.29 is 33.3 Å². The lowest BCUT2D eigenvalue weighted by molar-refractivity contribution is -0.967. The van der Waals surface area contributed by atoms with Gasteiger partial charge in [-0.05, 0) is 13.8 Å². The minimum Gasteiger partial charge on any atom is -1.00 e. The Bertz CT molecular complexity index is 316. The zero-order valence-corrected chi connectivity index (χ0v) is 15.1. The van der Waals surface area contributed by atoms with Crippen molar-refractivity contribution in [1.29, 1.82) is 0 Å². The number of hydrogen-bond donors (Lipinski definition) is 1. The maximum Gasteiger partial charge on any atom is 0.222 e. The van der Waals surface area contributed by atoms with E-state index in [4.69, 9.17) is 0 Å². The SMILES string of the molecule is CC(C)C(=O)NC1CC2CCC(C1)[N+]2(C)C(C)C.[I-]. The largest absolute Gasteiger partial charge is 1.00 e. The molecule has 112 valence electrons. The highest BCUT2D eigenvalue weighted by molar-refractivity contribution is 5.78. The summed E-state index contributed by atoms with van der Waals surface area (Å²) in [4.78, 5) is 11.8. The Morgan fingerprint density at radius 2 is 1.58 bits per heavy atom. The van der Waals surface area contributed by atoms with Crippen LogP contribution in [-0.2, 0) is 4.79 Å². The Labute approximate surface area is 135 Å². The number of quaternary nitrogens is 1. The summed E-state index contributed by atoms with van der Waals surface area (Å²) < 4.78 is 1.23. The van der Waals surface area contributed by atoms with Crippen molar-refractivity contribution in [3.63, 3.8) is 0 Å². The third-order valence-corrected chi connectivity index (χ3v) is 5.50. The van der Waals surface area contributed by atoms with Crippen molar-refractivity contribution in [2.75, 3.05) is 7.05 Å². The van der Waals surface area contributed by atoms with Gasteiger partial charge in [-0.2, -0.15) is 0 Å². The summed E-state index contributed by atoms with van der Waals surface area (Å²) in [6, 6.07) is 2.62. The van der Waals surface area contributed by atoms with Crippen molar-refractivity contribution >= 4 is 5.91 Å². The summed E-state index contributed by atoms with van der Waals surface area (Å²) in [6.07, 6.45) is 5.02. The van der Waals surface area contributed by atoms with E-state index in [-0.39, 0.29) is 35.8 Å². The van der Waals surface area contributed by atoms with Crippen molar-refractivity contribution in [3.05, 3.63) is 0 Å². The quantitative estimate of drug-likeness (QED) is 0.510. The molecule has 0 aromatic heterocycles. The normalized spacial score (nSPS) is 37.3. The summed E-state index contributed by atoms with van der Waals surface area (Å²) in [6.45, 7) is 8.64. The molecule has 2 rings (SSSR count). The van der Waals surface area contributed by atoms with Crippen LogP contribution in [0.3, 0.4) is 0 Å².